The minimum Gasteiger partial charge on any atom is -0.309 e. The Labute approximate surface area is 130 Å². The summed E-state index contributed by atoms with van der Waals surface area (Å²) >= 11 is 0. The standard InChI is InChI=1S/C21H17N/c1-3-16-12-13-17(14-15(16)2)22-20-10-6-4-8-18(20)19-9-5-7-11-21(19)22/h3-14H,1H2,2H3. The normalized spacial score (nSPS) is 11.1. The molecular formula is C21H17N. The minimum atomic E-state index is 1.18. The molecule has 4 rings (SSSR count). The van der Waals surface area contributed by atoms with Crippen LogP contribution in [0.4, 0.5) is 0 Å². The van der Waals surface area contributed by atoms with Crippen LogP contribution in [0.15, 0.2) is 73.3 Å². The lowest BCUT2D eigenvalue weighted by atomic mass is 10.1. The molecule has 0 unspecified atom stereocenters. The highest BCUT2D eigenvalue weighted by atomic mass is 15.0. The molecule has 22 heavy (non-hydrogen) atoms. The van der Waals surface area contributed by atoms with Crippen LogP contribution in [0.5, 0.6) is 0 Å². The number of aromatic nitrogens is 1. The fraction of sp³-hybridized carbons (Fsp3) is 0.0476. The summed E-state index contributed by atoms with van der Waals surface area (Å²) in [5, 5.41) is 2.59. The van der Waals surface area contributed by atoms with E-state index in [2.05, 4.69) is 84.8 Å². The third kappa shape index (κ3) is 1.79. The molecular weight excluding hydrogens is 266 g/mol. The molecule has 0 bridgehead atoms. The number of aryl methyl sites for hydroxylation is 1. The predicted molar refractivity (Wildman–Crippen MR) is 95.6 cm³/mol. The van der Waals surface area contributed by atoms with Gasteiger partial charge < -0.3 is 4.57 Å². The van der Waals surface area contributed by atoms with Crippen molar-refractivity contribution in [2.75, 3.05) is 0 Å². The van der Waals surface area contributed by atoms with Crippen molar-refractivity contribution >= 4 is 27.9 Å². The van der Waals surface area contributed by atoms with E-state index in [9.17, 15) is 0 Å². The van der Waals surface area contributed by atoms with Crippen molar-refractivity contribution in [3.63, 3.8) is 0 Å². The molecule has 0 N–H and O–H groups in total. The van der Waals surface area contributed by atoms with Crippen molar-refractivity contribution in [3.05, 3.63) is 84.4 Å². The summed E-state index contributed by atoms with van der Waals surface area (Å²) in [6.45, 7) is 6.01. The molecule has 106 valence electrons. The van der Waals surface area contributed by atoms with Crippen molar-refractivity contribution in [2.45, 2.75) is 6.92 Å². The first kappa shape index (κ1) is 12.9. The van der Waals surface area contributed by atoms with Crippen molar-refractivity contribution in [2.24, 2.45) is 0 Å². The second kappa shape index (κ2) is 4.88. The summed E-state index contributed by atoms with van der Waals surface area (Å²) in [4.78, 5) is 0. The lowest BCUT2D eigenvalue weighted by Crippen LogP contribution is -1.95. The Kier molecular flexibility index (Phi) is 2.87. The third-order valence-electron chi connectivity index (χ3n) is 4.31. The Morgan fingerprint density at radius 2 is 1.41 bits per heavy atom. The number of nitrogens with zero attached hydrogens (tertiary/aromatic N) is 1. The summed E-state index contributed by atoms with van der Waals surface area (Å²) in [7, 11) is 0. The van der Waals surface area contributed by atoms with E-state index in [1.165, 1.54) is 38.6 Å². The Balaban J connectivity index is 2.12. The molecule has 4 aromatic rings. The van der Waals surface area contributed by atoms with Gasteiger partial charge in [0, 0.05) is 16.5 Å². The van der Waals surface area contributed by atoms with Crippen LogP contribution >= 0.6 is 0 Å². The zero-order valence-corrected chi connectivity index (χ0v) is 12.6. The molecule has 0 amide bonds. The van der Waals surface area contributed by atoms with Crippen molar-refractivity contribution in [1.29, 1.82) is 0 Å². The summed E-state index contributed by atoms with van der Waals surface area (Å²) < 4.78 is 2.34. The van der Waals surface area contributed by atoms with Crippen molar-refractivity contribution < 1.29 is 0 Å². The second-order valence-corrected chi connectivity index (χ2v) is 5.61. The van der Waals surface area contributed by atoms with Crippen molar-refractivity contribution in [3.8, 4) is 5.69 Å². The highest BCUT2D eigenvalue weighted by molar-refractivity contribution is 6.09. The Bertz CT molecular complexity index is 952. The number of benzene rings is 3. The zero-order chi connectivity index (χ0) is 15.1. The van der Waals surface area contributed by atoms with Crippen LogP contribution in [-0.4, -0.2) is 4.57 Å². The molecule has 1 heteroatoms. The molecule has 1 heterocycles. The molecule has 0 radical (unpaired) electrons. The maximum absolute atomic E-state index is 3.88. The number of hydrogen-bond donors (Lipinski definition) is 0. The van der Waals surface area contributed by atoms with Gasteiger partial charge in [0.25, 0.3) is 0 Å². The smallest absolute Gasteiger partial charge is 0.0541 e. The molecule has 1 aromatic heterocycles. The summed E-state index contributed by atoms with van der Waals surface area (Å²) in [6, 6.07) is 23.7. The van der Waals surface area contributed by atoms with Gasteiger partial charge in [0.2, 0.25) is 0 Å². The monoisotopic (exact) mass is 283 g/mol. The van der Waals surface area contributed by atoms with Crippen molar-refractivity contribution in [1.82, 2.24) is 4.57 Å². The van der Waals surface area contributed by atoms with E-state index < -0.39 is 0 Å². The number of fused-ring (bicyclic) bond motifs is 3. The van der Waals surface area contributed by atoms with E-state index >= 15 is 0 Å². The van der Waals surface area contributed by atoms with Crippen LogP contribution in [0.1, 0.15) is 11.1 Å². The molecule has 1 nitrogen and oxygen atoms in total. The fourth-order valence-corrected chi connectivity index (χ4v) is 3.23. The molecule has 0 spiro atoms. The van der Waals surface area contributed by atoms with Crippen LogP contribution in [0.25, 0.3) is 33.6 Å². The average Bonchev–Trinajstić information content (AvgIpc) is 2.89. The predicted octanol–water partition coefficient (Wildman–Crippen LogP) is 5.74. The SMILES string of the molecule is C=Cc1ccc(-n2c3ccccc3c3ccccc32)cc1C. The van der Waals surface area contributed by atoms with Gasteiger partial charge in [0.1, 0.15) is 0 Å². The molecule has 0 saturated carbocycles. The largest absolute Gasteiger partial charge is 0.309 e. The lowest BCUT2D eigenvalue weighted by Gasteiger charge is -2.10. The fourth-order valence-electron chi connectivity index (χ4n) is 3.23. The van der Waals surface area contributed by atoms with Gasteiger partial charge in [-0.1, -0.05) is 55.1 Å². The highest BCUT2D eigenvalue weighted by Crippen LogP contribution is 2.32. The first-order valence-corrected chi connectivity index (χ1v) is 7.51. The topological polar surface area (TPSA) is 4.93 Å². The summed E-state index contributed by atoms with van der Waals surface area (Å²) in [5.41, 5.74) is 6.11. The third-order valence-corrected chi connectivity index (χ3v) is 4.31. The maximum Gasteiger partial charge on any atom is 0.0541 e. The van der Waals surface area contributed by atoms with Crippen LogP contribution < -0.4 is 0 Å². The number of para-hydroxylation sites is 2. The average molecular weight is 283 g/mol. The molecule has 0 aliphatic heterocycles. The van der Waals surface area contributed by atoms with Crippen LogP contribution in [0.3, 0.4) is 0 Å². The van der Waals surface area contributed by atoms with E-state index in [1.807, 2.05) is 6.08 Å². The van der Waals surface area contributed by atoms with E-state index in [-0.39, 0.29) is 0 Å². The van der Waals surface area contributed by atoms with E-state index in [1.54, 1.807) is 0 Å². The van der Waals surface area contributed by atoms with Gasteiger partial charge in [-0.2, -0.15) is 0 Å². The number of rotatable bonds is 2. The Morgan fingerprint density at radius 3 is 1.95 bits per heavy atom. The van der Waals surface area contributed by atoms with Gasteiger partial charge >= 0.3 is 0 Å². The van der Waals surface area contributed by atoms with Crippen LogP contribution in [0, 0.1) is 6.92 Å². The Hall–Kier alpha value is -2.80. The molecule has 0 aliphatic rings. The zero-order valence-electron chi connectivity index (χ0n) is 12.6. The summed E-state index contributed by atoms with van der Waals surface area (Å²) in [5.74, 6) is 0. The quantitative estimate of drug-likeness (QED) is 0.442. The van der Waals surface area contributed by atoms with Gasteiger partial charge in [0.15, 0.2) is 0 Å². The second-order valence-electron chi connectivity index (χ2n) is 5.61. The van der Waals surface area contributed by atoms with Crippen LogP contribution in [0.2, 0.25) is 0 Å². The van der Waals surface area contributed by atoms with Gasteiger partial charge in [-0.15, -0.1) is 0 Å². The van der Waals surface area contributed by atoms with Gasteiger partial charge in [-0.05, 0) is 42.3 Å². The van der Waals surface area contributed by atoms with E-state index in [0.717, 1.165) is 0 Å². The van der Waals surface area contributed by atoms with E-state index in [0.29, 0.717) is 0 Å². The minimum absolute atomic E-state index is 1.18. The Morgan fingerprint density at radius 1 is 0.818 bits per heavy atom. The van der Waals surface area contributed by atoms with Crippen LogP contribution in [-0.2, 0) is 0 Å². The highest BCUT2D eigenvalue weighted by Gasteiger charge is 2.11. The van der Waals surface area contributed by atoms with Gasteiger partial charge in [-0.25, -0.2) is 0 Å². The first-order valence-electron chi connectivity index (χ1n) is 7.51. The lowest BCUT2D eigenvalue weighted by molar-refractivity contribution is 1.17. The van der Waals surface area contributed by atoms with Gasteiger partial charge in [0.05, 0.1) is 11.0 Å². The number of hydrogen-bond acceptors (Lipinski definition) is 0. The van der Waals surface area contributed by atoms with Gasteiger partial charge in [-0.3, -0.25) is 0 Å². The molecule has 0 aliphatic carbocycles. The molecule has 0 saturated heterocycles. The molecule has 0 fully saturated rings. The summed E-state index contributed by atoms with van der Waals surface area (Å²) in [6.07, 6.45) is 1.91. The molecule has 0 atom stereocenters. The van der Waals surface area contributed by atoms with E-state index in [4.69, 9.17) is 0 Å². The molecule has 3 aromatic carbocycles. The maximum atomic E-state index is 3.88. The first-order chi connectivity index (χ1) is 10.8.